The molecule has 0 spiro atoms. The third kappa shape index (κ3) is 4.10. The highest BCUT2D eigenvalue weighted by Crippen LogP contribution is 2.17. The van der Waals surface area contributed by atoms with Crippen molar-refractivity contribution < 1.29 is 15.0 Å². The highest BCUT2D eigenvalue weighted by Gasteiger charge is 2.23. The van der Waals surface area contributed by atoms with Gasteiger partial charge in [-0.3, -0.25) is 4.79 Å². The Kier molecular flexibility index (Phi) is 6.42. The molecule has 0 bridgehead atoms. The maximum absolute atomic E-state index is 11.9. The van der Waals surface area contributed by atoms with E-state index in [1.165, 1.54) is 0 Å². The molecule has 1 fully saturated rings. The molecule has 0 aromatic rings. The summed E-state index contributed by atoms with van der Waals surface area (Å²) in [6.07, 6.45) is 6.14. The molecule has 4 heteroatoms. The summed E-state index contributed by atoms with van der Waals surface area (Å²) in [4.78, 5) is 13.8. The van der Waals surface area contributed by atoms with E-state index < -0.39 is 0 Å². The summed E-state index contributed by atoms with van der Waals surface area (Å²) < 4.78 is 0. The van der Waals surface area contributed by atoms with Crippen LogP contribution in [0.2, 0.25) is 0 Å². The predicted octanol–water partition coefficient (Wildman–Crippen LogP) is 0.912. The van der Waals surface area contributed by atoms with Crippen LogP contribution < -0.4 is 0 Å². The zero-order valence-electron chi connectivity index (χ0n) is 9.90. The number of amides is 1. The smallest absolute Gasteiger partial charge is 0.222 e. The van der Waals surface area contributed by atoms with E-state index in [1.54, 1.807) is 0 Å². The molecule has 1 heterocycles. The number of hydrogen-bond acceptors (Lipinski definition) is 3. The van der Waals surface area contributed by atoms with E-state index in [4.69, 9.17) is 5.11 Å². The van der Waals surface area contributed by atoms with Gasteiger partial charge in [0.05, 0.1) is 12.6 Å². The van der Waals surface area contributed by atoms with Crippen LogP contribution in [0.4, 0.5) is 0 Å². The molecule has 1 amide bonds. The molecule has 4 nitrogen and oxygen atoms in total. The van der Waals surface area contributed by atoms with E-state index in [0.29, 0.717) is 12.8 Å². The average molecular weight is 229 g/mol. The number of aliphatic hydroxyl groups excluding tert-OH is 2. The number of aliphatic hydroxyl groups is 2. The highest BCUT2D eigenvalue weighted by molar-refractivity contribution is 5.76. The second-order valence-corrected chi connectivity index (χ2v) is 4.45. The first kappa shape index (κ1) is 13.5. The first-order valence-electron chi connectivity index (χ1n) is 6.30. The zero-order chi connectivity index (χ0) is 11.8. The molecule has 0 saturated carbocycles. The van der Waals surface area contributed by atoms with Gasteiger partial charge >= 0.3 is 0 Å². The monoisotopic (exact) mass is 229 g/mol. The van der Waals surface area contributed by atoms with E-state index in [1.807, 2.05) is 4.90 Å². The van der Waals surface area contributed by atoms with Crippen LogP contribution >= 0.6 is 0 Å². The molecule has 1 rings (SSSR count). The van der Waals surface area contributed by atoms with Crippen molar-refractivity contribution in [1.29, 1.82) is 0 Å². The van der Waals surface area contributed by atoms with Crippen LogP contribution in [0.15, 0.2) is 0 Å². The maximum Gasteiger partial charge on any atom is 0.222 e. The minimum Gasteiger partial charge on any atom is -0.396 e. The minimum absolute atomic E-state index is 0.0177. The lowest BCUT2D eigenvalue weighted by Gasteiger charge is -2.28. The van der Waals surface area contributed by atoms with Crippen molar-refractivity contribution in [2.75, 3.05) is 19.8 Å². The van der Waals surface area contributed by atoms with Crippen LogP contribution in [0.5, 0.6) is 0 Å². The summed E-state index contributed by atoms with van der Waals surface area (Å²) in [6, 6.07) is 0.0177. The SMILES string of the molecule is O=C(CCCCO)N1CCCCCC1CO. The van der Waals surface area contributed by atoms with Crippen LogP contribution in [-0.4, -0.2) is 46.8 Å². The molecule has 1 saturated heterocycles. The summed E-state index contributed by atoms with van der Waals surface area (Å²) in [5, 5.41) is 17.9. The lowest BCUT2D eigenvalue weighted by molar-refractivity contribution is -0.134. The van der Waals surface area contributed by atoms with Crippen molar-refractivity contribution >= 4 is 5.91 Å². The quantitative estimate of drug-likeness (QED) is 0.689. The maximum atomic E-state index is 11.9. The Balaban J connectivity index is 2.42. The summed E-state index contributed by atoms with van der Waals surface area (Å²) in [5.74, 6) is 0.134. The van der Waals surface area contributed by atoms with Crippen LogP contribution in [0, 0.1) is 0 Å². The topological polar surface area (TPSA) is 60.8 Å². The van der Waals surface area contributed by atoms with E-state index in [0.717, 1.165) is 38.6 Å². The van der Waals surface area contributed by atoms with Crippen molar-refractivity contribution in [3.05, 3.63) is 0 Å². The third-order valence-electron chi connectivity index (χ3n) is 3.21. The van der Waals surface area contributed by atoms with E-state index in [2.05, 4.69) is 0 Å². The van der Waals surface area contributed by atoms with E-state index in [9.17, 15) is 9.90 Å². The van der Waals surface area contributed by atoms with Gasteiger partial charge in [0.15, 0.2) is 0 Å². The Bertz CT molecular complexity index is 208. The molecular formula is C12H23NO3. The Morgan fingerprint density at radius 2 is 2.00 bits per heavy atom. The summed E-state index contributed by atoms with van der Waals surface area (Å²) >= 11 is 0. The van der Waals surface area contributed by atoms with Gasteiger partial charge in [0.1, 0.15) is 0 Å². The normalized spacial score (nSPS) is 21.9. The van der Waals surface area contributed by atoms with Gasteiger partial charge < -0.3 is 15.1 Å². The largest absolute Gasteiger partial charge is 0.396 e. The molecule has 0 aliphatic carbocycles. The van der Waals surface area contributed by atoms with Gasteiger partial charge in [-0.1, -0.05) is 12.8 Å². The number of likely N-dealkylation sites (tertiary alicyclic amines) is 1. The number of unbranched alkanes of at least 4 members (excludes halogenated alkanes) is 1. The summed E-state index contributed by atoms with van der Waals surface area (Å²) in [5.41, 5.74) is 0. The Hall–Kier alpha value is -0.610. The second-order valence-electron chi connectivity index (χ2n) is 4.45. The minimum atomic E-state index is 0.0177. The summed E-state index contributed by atoms with van der Waals surface area (Å²) in [6.45, 7) is 1.01. The summed E-state index contributed by atoms with van der Waals surface area (Å²) in [7, 11) is 0. The van der Waals surface area contributed by atoms with Gasteiger partial charge in [0, 0.05) is 19.6 Å². The Labute approximate surface area is 97.3 Å². The van der Waals surface area contributed by atoms with Gasteiger partial charge in [-0.25, -0.2) is 0 Å². The lowest BCUT2D eigenvalue weighted by Crippen LogP contribution is -2.42. The van der Waals surface area contributed by atoms with Crippen molar-refractivity contribution in [2.45, 2.75) is 51.0 Å². The van der Waals surface area contributed by atoms with Crippen molar-refractivity contribution in [3.63, 3.8) is 0 Å². The molecule has 0 radical (unpaired) electrons. The van der Waals surface area contributed by atoms with Gasteiger partial charge in [0.2, 0.25) is 5.91 Å². The van der Waals surface area contributed by atoms with Gasteiger partial charge in [-0.2, -0.15) is 0 Å². The number of nitrogens with zero attached hydrogens (tertiary/aromatic N) is 1. The molecule has 1 unspecified atom stereocenters. The molecule has 1 atom stereocenters. The van der Waals surface area contributed by atoms with Crippen molar-refractivity contribution in [3.8, 4) is 0 Å². The zero-order valence-corrected chi connectivity index (χ0v) is 9.90. The highest BCUT2D eigenvalue weighted by atomic mass is 16.3. The fraction of sp³-hybridized carbons (Fsp3) is 0.917. The fourth-order valence-electron chi connectivity index (χ4n) is 2.23. The molecule has 94 valence electrons. The predicted molar refractivity (Wildman–Crippen MR) is 62.0 cm³/mol. The average Bonchev–Trinajstić information content (AvgIpc) is 2.54. The third-order valence-corrected chi connectivity index (χ3v) is 3.21. The van der Waals surface area contributed by atoms with Gasteiger partial charge in [-0.15, -0.1) is 0 Å². The first-order valence-corrected chi connectivity index (χ1v) is 6.30. The number of hydrogen-bond donors (Lipinski definition) is 2. The lowest BCUT2D eigenvalue weighted by atomic mass is 10.1. The Morgan fingerprint density at radius 3 is 2.69 bits per heavy atom. The van der Waals surface area contributed by atoms with E-state index >= 15 is 0 Å². The molecule has 1 aliphatic heterocycles. The molecule has 2 N–H and O–H groups in total. The van der Waals surface area contributed by atoms with Crippen LogP contribution in [-0.2, 0) is 4.79 Å². The van der Waals surface area contributed by atoms with Gasteiger partial charge in [-0.05, 0) is 25.7 Å². The standard InChI is InChI=1S/C12H23NO3/c14-9-5-3-7-12(16)13-8-4-1-2-6-11(13)10-15/h11,14-15H,1-10H2. The number of rotatable bonds is 5. The molecule has 0 aromatic heterocycles. The van der Waals surface area contributed by atoms with Crippen LogP contribution in [0.25, 0.3) is 0 Å². The Morgan fingerprint density at radius 1 is 1.19 bits per heavy atom. The molecular weight excluding hydrogens is 206 g/mol. The molecule has 16 heavy (non-hydrogen) atoms. The molecule has 0 aromatic carbocycles. The second kappa shape index (κ2) is 7.63. The van der Waals surface area contributed by atoms with Gasteiger partial charge in [0.25, 0.3) is 0 Å². The first-order chi connectivity index (χ1) is 7.79. The van der Waals surface area contributed by atoms with Crippen LogP contribution in [0.3, 0.4) is 0 Å². The van der Waals surface area contributed by atoms with Crippen molar-refractivity contribution in [1.82, 2.24) is 4.90 Å². The van der Waals surface area contributed by atoms with Crippen molar-refractivity contribution in [2.24, 2.45) is 0 Å². The van der Waals surface area contributed by atoms with Crippen LogP contribution in [0.1, 0.15) is 44.9 Å². The fourth-order valence-corrected chi connectivity index (χ4v) is 2.23. The van der Waals surface area contributed by atoms with E-state index in [-0.39, 0.29) is 25.2 Å². The number of carbonyl (C=O) groups excluding carboxylic acids is 1. The number of carbonyl (C=O) groups is 1. The molecule has 1 aliphatic rings.